The van der Waals surface area contributed by atoms with Crippen molar-refractivity contribution in [1.29, 1.82) is 0 Å². The van der Waals surface area contributed by atoms with E-state index in [1.165, 1.54) is 24.3 Å². The predicted octanol–water partition coefficient (Wildman–Crippen LogP) is 2.28. The maximum Gasteiger partial charge on any atom is 0.238 e. The molecule has 0 bridgehead atoms. The second kappa shape index (κ2) is 11.6. The fourth-order valence-corrected chi connectivity index (χ4v) is 3.79. The molecule has 9 heteroatoms. The molecule has 2 N–H and O–H groups in total. The average Bonchev–Trinajstić information content (AvgIpc) is 2.81. The zero-order valence-corrected chi connectivity index (χ0v) is 19.3. The SMILES string of the molecule is COc1ccc(OC)c(C(C)NC(=O)CN2CCN(CC(=O)Nc3ccc(F)cc3)CC2)c1. The molecule has 1 fully saturated rings. The van der Waals surface area contributed by atoms with Gasteiger partial charge in [-0.1, -0.05) is 0 Å². The first-order chi connectivity index (χ1) is 15.9. The summed E-state index contributed by atoms with van der Waals surface area (Å²) in [7, 11) is 3.19. The number of benzene rings is 2. The van der Waals surface area contributed by atoms with Gasteiger partial charge in [0.15, 0.2) is 0 Å². The fraction of sp³-hybridized carbons (Fsp3) is 0.417. The molecular weight excluding hydrogens is 427 g/mol. The minimum Gasteiger partial charge on any atom is -0.497 e. The smallest absolute Gasteiger partial charge is 0.238 e. The first-order valence-corrected chi connectivity index (χ1v) is 10.9. The van der Waals surface area contributed by atoms with Crippen LogP contribution >= 0.6 is 0 Å². The first-order valence-electron chi connectivity index (χ1n) is 10.9. The van der Waals surface area contributed by atoms with Crippen LogP contribution in [0, 0.1) is 5.82 Å². The highest BCUT2D eigenvalue weighted by Gasteiger charge is 2.22. The van der Waals surface area contributed by atoms with Gasteiger partial charge >= 0.3 is 0 Å². The number of methoxy groups -OCH3 is 2. The van der Waals surface area contributed by atoms with Crippen LogP contribution in [0.1, 0.15) is 18.5 Å². The average molecular weight is 459 g/mol. The number of hydrogen-bond donors (Lipinski definition) is 2. The molecule has 8 nitrogen and oxygen atoms in total. The van der Waals surface area contributed by atoms with Gasteiger partial charge in [-0.2, -0.15) is 0 Å². The number of nitrogens with one attached hydrogen (secondary N) is 2. The summed E-state index contributed by atoms with van der Waals surface area (Å²) < 4.78 is 23.7. The van der Waals surface area contributed by atoms with E-state index in [4.69, 9.17) is 9.47 Å². The van der Waals surface area contributed by atoms with Crippen LogP contribution in [0.5, 0.6) is 11.5 Å². The maximum atomic E-state index is 13.0. The van der Waals surface area contributed by atoms with Gasteiger partial charge in [-0.25, -0.2) is 4.39 Å². The lowest BCUT2D eigenvalue weighted by Gasteiger charge is -2.34. The van der Waals surface area contributed by atoms with Crippen molar-refractivity contribution in [1.82, 2.24) is 15.1 Å². The van der Waals surface area contributed by atoms with Crippen LogP contribution in [0.3, 0.4) is 0 Å². The molecule has 1 atom stereocenters. The number of ether oxygens (including phenoxy) is 2. The summed E-state index contributed by atoms with van der Waals surface area (Å²) in [6, 6.07) is 10.9. The number of anilines is 1. The van der Waals surface area contributed by atoms with Gasteiger partial charge in [-0.15, -0.1) is 0 Å². The normalized spacial score (nSPS) is 15.5. The van der Waals surface area contributed by atoms with Crippen LogP contribution < -0.4 is 20.1 Å². The van der Waals surface area contributed by atoms with E-state index in [1.807, 2.05) is 30.0 Å². The number of amides is 2. The second-order valence-electron chi connectivity index (χ2n) is 8.00. The monoisotopic (exact) mass is 458 g/mol. The van der Waals surface area contributed by atoms with Crippen LogP contribution in [-0.4, -0.2) is 75.1 Å². The molecule has 2 amide bonds. The Morgan fingerprint density at radius 3 is 2.12 bits per heavy atom. The Morgan fingerprint density at radius 2 is 1.55 bits per heavy atom. The largest absolute Gasteiger partial charge is 0.497 e. The predicted molar refractivity (Wildman–Crippen MR) is 124 cm³/mol. The van der Waals surface area contributed by atoms with Crippen molar-refractivity contribution >= 4 is 17.5 Å². The molecule has 3 rings (SSSR count). The van der Waals surface area contributed by atoms with Crippen molar-refractivity contribution < 1.29 is 23.5 Å². The molecule has 0 aliphatic carbocycles. The molecule has 0 saturated carbocycles. The van der Waals surface area contributed by atoms with Crippen molar-refractivity contribution in [2.24, 2.45) is 0 Å². The first kappa shape index (κ1) is 24.5. The van der Waals surface area contributed by atoms with Crippen LogP contribution in [0.15, 0.2) is 42.5 Å². The van der Waals surface area contributed by atoms with E-state index >= 15 is 0 Å². The summed E-state index contributed by atoms with van der Waals surface area (Å²) in [5.41, 5.74) is 1.42. The van der Waals surface area contributed by atoms with Crippen LogP contribution in [0.4, 0.5) is 10.1 Å². The topological polar surface area (TPSA) is 83.1 Å². The molecule has 0 radical (unpaired) electrons. The number of carbonyl (C=O) groups is 2. The minimum atomic E-state index is -0.342. The third kappa shape index (κ3) is 7.16. The number of hydrogen-bond acceptors (Lipinski definition) is 6. The van der Waals surface area contributed by atoms with Gasteiger partial charge in [0.05, 0.1) is 33.4 Å². The number of rotatable bonds is 9. The lowest BCUT2D eigenvalue weighted by atomic mass is 10.1. The highest BCUT2D eigenvalue weighted by Crippen LogP contribution is 2.29. The standard InChI is InChI=1S/C24H31FN4O4/c1-17(21-14-20(32-2)8-9-22(21)33-3)26-23(30)15-28-10-12-29(13-11-28)16-24(31)27-19-6-4-18(25)5-7-19/h4-9,14,17H,10-13,15-16H2,1-3H3,(H,26,30)(H,27,31). The molecule has 1 aliphatic heterocycles. The Labute approximate surface area is 193 Å². The van der Waals surface area contributed by atoms with E-state index in [0.717, 1.165) is 5.56 Å². The van der Waals surface area contributed by atoms with E-state index in [0.29, 0.717) is 43.4 Å². The van der Waals surface area contributed by atoms with E-state index < -0.39 is 0 Å². The van der Waals surface area contributed by atoms with E-state index in [2.05, 4.69) is 15.5 Å². The van der Waals surface area contributed by atoms with Gasteiger partial charge in [-0.05, 0) is 49.4 Å². The van der Waals surface area contributed by atoms with Gasteiger partial charge in [0, 0.05) is 37.4 Å². The van der Waals surface area contributed by atoms with Crippen molar-refractivity contribution in [2.75, 3.05) is 58.8 Å². The van der Waals surface area contributed by atoms with Gasteiger partial charge in [0.1, 0.15) is 17.3 Å². The van der Waals surface area contributed by atoms with E-state index in [9.17, 15) is 14.0 Å². The summed E-state index contributed by atoms with van der Waals surface area (Å²) >= 11 is 0. The molecule has 2 aromatic rings. The zero-order valence-electron chi connectivity index (χ0n) is 19.3. The third-order valence-corrected chi connectivity index (χ3v) is 5.61. The molecule has 33 heavy (non-hydrogen) atoms. The summed E-state index contributed by atoms with van der Waals surface area (Å²) in [6.45, 7) is 5.19. The highest BCUT2D eigenvalue weighted by molar-refractivity contribution is 5.92. The Kier molecular flexibility index (Phi) is 8.62. The molecule has 0 aromatic heterocycles. The summed E-state index contributed by atoms with van der Waals surface area (Å²) in [6.07, 6.45) is 0. The van der Waals surface area contributed by atoms with E-state index in [-0.39, 0.29) is 36.8 Å². The van der Waals surface area contributed by atoms with Crippen LogP contribution in [0.25, 0.3) is 0 Å². The highest BCUT2D eigenvalue weighted by atomic mass is 19.1. The molecule has 1 aliphatic rings. The number of carbonyl (C=O) groups excluding carboxylic acids is 2. The van der Waals surface area contributed by atoms with Gasteiger partial charge in [-0.3, -0.25) is 19.4 Å². The Morgan fingerprint density at radius 1 is 0.939 bits per heavy atom. The molecule has 1 heterocycles. The number of halogens is 1. The molecule has 1 unspecified atom stereocenters. The Hall–Kier alpha value is -3.17. The van der Waals surface area contributed by atoms with E-state index in [1.54, 1.807) is 14.2 Å². The quantitative estimate of drug-likeness (QED) is 0.600. The molecule has 2 aromatic carbocycles. The lowest BCUT2D eigenvalue weighted by molar-refractivity contribution is -0.124. The molecule has 0 spiro atoms. The molecule has 178 valence electrons. The lowest BCUT2D eigenvalue weighted by Crippen LogP contribution is -2.51. The fourth-order valence-electron chi connectivity index (χ4n) is 3.79. The summed E-state index contributed by atoms with van der Waals surface area (Å²) in [4.78, 5) is 28.9. The second-order valence-corrected chi connectivity index (χ2v) is 8.00. The van der Waals surface area contributed by atoms with Crippen LogP contribution in [0.2, 0.25) is 0 Å². The van der Waals surface area contributed by atoms with Gasteiger partial charge in [0.2, 0.25) is 11.8 Å². The summed E-state index contributed by atoms with van der Waals surface area (Å²) in [5.74, 6) is 0.830. The Balaban J connectivity index is 1.42. The maximum absolute atomic E-state index is 13.0. The van der Waals surface area contributed by atoms with Gasteiger partial charge in [0.25, 0.3) is 0 Å². The minimum absolute atomic E-state index is 0.0742. The number of piperazine rings is 1. The van der Waals surface area contributed by atoms with Crippen molar-refractivity contribution in [2.45, 2.75) is 13.0 Å². The Bertz CT molecular complexity index is 946. The molecular formula is C24H31FN4O4. The number of nitrogens with zero attached hydrogens (tertiary/aromatic N) is 2. The van der Waals surface area contributed by atoms with Crippen molar-refractivity contribution in [3.63, 3.8) is 0 Å². The van der Waals surface area contributed by atoms with Gasteiger partial charge < -0.3 is 20.1 Å². The third-order valence-electron chi connectivity index (χ3n) is 5.61. The van der Waals surface area contributed by atoms with Crippen molar-refractivity contribution in [3.05, 3.63) is 53.8 Å². The van der Waals surface area contributed by atoms with Crippen LogP contribution in [-0.2, 0) is 9.59 Å². The molecule has 1 saturated heterocycles. The summed E-state index contributed by atoms with van der Waals surface area (Å²) in [5, 5.41) is 5.79. The zero-order chi connectivity index (χ0) is 23.8. The van der Waals surface area contributed by atoms with Crippen molar-refractivity contribution in [3.8, 4) is 11.5 Å².